The van der Waals surface area contributed by atoms with Gasteiger partial charge in [0.25, 0.3) is 0 Å². The van der Waals surface area contributed by atoms with Crippen molar-refractivity contribution in [2.24, 2.45) is 0 Å². The Balaban J connectivity index is 1.57. The number of hydrogen-bond donors (Lipinski definition) is 0. The van der Waals surface area contributed by atoms with Crippen LogP contribution in [0.3, 0.4) is 0 Å². The number of anilines is 1. The van der Waals surface area contributed by atoms with Crippen LogP contribution in [0.25, 0.3) is 0 Å². The highest BCUT2D eigenvalue weighted by Crippen LogP contribution is 2.56. The third kappa shape index (κ3) is 6.89. The zero-order valence-electron chi connectivity index (χ0n) is 22.4. The summed E-state index contributed by atoms with van der Waals surface area (Å²) in [5, 5.41) is 0.338. The van der Waals surface area contributed by atoms with Crippen LogP contribution < -0.4 is 13.9 Å². The van der Waals surface area contributed by atoms with Crippen molar-refractivity contribution in [3.8, 4) is 11.5 Å². The molecule has 1 unspecified atom stereocenters. The quantitative estimate of drug-likeness (QED) is 0.150. The Bertz CT molecular complexity index is 1430. The second-order valence-corrected chi connectivity index (χ2v) is 10.9. The molecule has 1 aliphatic rings. The summed E-state index contributed by atoms with van der Waals surface area (Å²) >= 11 is 0. The lowest BCUT2D eigenvalue weighted by Gasteiger charge is -2.25. The van der Waals surface area contributed by atoms with E-state index >= 15 is 0 Å². The summed E-state index contributed by atoms with van der Waals surface area (Å²) in [5.41, 5.74) is 7.64. The van der Waals surface area contributed by atoms with Crippen LogP contribution in [0.4, 0.5) is 5.69 Å². The number of nitrogens with zero attached hydrogens (tertiary/aromatic N) is 1. The largest absolute Gasteiger partial charge is 0.477 e. The van der Waals surface area contributed by atoms with Crippen LogP contribution in [0.2, 0.25) is 0 Å². The first-order valence-electron chi connectivity index (χ1n) is 12.8. The van der Waals surface area contributed by atoms with E-state index in [1.54, 1.807) is 30.4 Å². The van der Waals surface area contributed by atoms with Crippen LogP contribution in [-0.4, -0.2) is 13.3 Å². The van der Waals surface area contributed by atoms with Crippen molar-refractivity contribution < 1.29 is 18.3 Å². The third-order valence-corrected chi connectivity index (χ3v) is 8.07. The zero-order valence-corrected chi connectivity index (χ0v) is 23.3. The fourth-order valence-electron chi connectivity index (χ4n) is 3.86. The van der Waals surface area contributed by atoms with E-state index in [2.05, 4.69) is 49.6 Å². The van der Waals surface area contributed by atoms with Crippen LogP contribution in [0, 0.1) is 20.8 Å². The molecule has 0 heterocycles. The molecule has 0 bridgehead atoms. The van der Waals surface area contributed by atoms with Crippen molar-refractivity contribution >= 4 is 13.3 Å². The Morgan fingerprint density at radius 1 is 0.895 bits per heavy atom. The monoisotopic (exact) mass is 527 g/mol. The minimum absolute atomic E-state index is 0.338. The molecule has 0 amide bonds. The Hall–Kier alpha value is -3.91. The molecule has 1 atom stereocenters. The zero-order chi connectivity index (χ0) is 27.0. The second-order valence-electron chi connectivity index (χ2n) is 9.09. The highest BCUT2D eigenvalue weighted by atomic mass is 31.2. The van der Waals surface area contributed by atoms with Gasteiger partial charge >= 0.3 is 7.60 Å². The van der Waals surface area contributed by atoms with Gasteiger partial charge in [-0.15, -0.1) is 5.73 Å². The molecule has 6 heteroatoms. The molecule has 4 rings (SSSR count). The predicted molar refractivity (Wildman–Crippen MR) is 155 cm³/mol. The maximum Gasteiger partial charge on any atom is 0.470 e. The molecule has 1 aliphatic carbocycles. The molecule has 0 saturated carbocycles. The fraction of sp³-hybridized carbons (Fsp3) is 0.219. The highest BCUT2D eigenvalue weighted by Gasteiger charge is 2.33. The van der Waals surface area contributed by atoms with Crippen molar-refractivity contribution in [2.75, 3.05) is 18.2 Å². The number of benzene rings is 3. The highest BCUT2D eigenvalue weighted by molar-refractivity contribution is 7.59. The van der Waals surface area contributed by atoms with E-state index in [-0.39, 0.29) is 0 Å². The van der Waals surface area contributed by atoms with Gasteiger partial charge in [0, 0.05) is 18.7 Å². The molecule has 0 fully saturated rings. The number of aryl methyl sites for hydroxylation is 3. The van der Waals surface area contributed by atoms with Gasteiger partial charge in [-0.2, -0.15) is 0 Å². The van der Waals surface area contributed by atoms with Crippen LogP contribution >= 0.6 is 7.60 Å². The van der Waals surface area contributed by atoms with Gasteiger partial charge in [-0.3, -0.25) is 0 Å². The summed E-state index contributed by atoms with van der Waals surface area (Å²) < 4.78 is 32.4. The van der Waals surface area contributed by atoms with Gasteiger partial charge in [0.15, 0.2) is 6.73 Å². The van der Waals surface area contributed by atoms with Gasteiger partial charge in [0.1, 0.15) is 22.6 Å². The first-order chi connectivity index (χ1) is 18.4. The molecule has 5 nitrogen and oxygen atoms in total. The Labute approximate surface area is 225 Å². The normalized spacial score (nSPS) is 16.6. The Morgan fingerprint density at radius 3 is 2.39 bits per heavy atom. The number of rotatable bonds is 10. The van der Waals surface area contributed by atoms with E-state index in [1.807, 2.05) is 55.5 Å². The summed E-state index contributed by atoms with van der Waals surface area (Å²) in [5.74, 6) is 1.75. The number of para-hydroxylation sites is 2. The second kappa shape index (κ2) is 12.6. The molecule has 0 aliphatic heterocycles. The van der Waals surface area contributed by atoms with Crippen molar-refractivity contribution in [2.45, 2.75) is 34.1 Å². The number of ether oxygens (including phenoxy) is 1. The predicted octanol–water partition coefficient (Wildman–Crippen LogP) is 8.65. The average Bonchev–Trinajstić information content (AvgIpc) is 2.89. The first kappa shape index (κ1) is 27.1. The lowest BCUT2D eigenvalue weighted by molar-refractivity contribution is 0.207. The summed E-state index contributed by atoms with van der Waals surface area (Å²) in [4.78, 5) is 2.18. The topological polar surface area (TPSA) is 48.0 Å². The average molecular weight is 528 g/mol. The van der Waals surface area contributed by atoms with Gasteiger partial charge in [0.05, 0.1) is 0 Å². The summed E-state index contributed by atoms with van der Waals surface area (Å²) in [7, 11) is -3.81. The van der Waals surface area contributed by atoms with Crippen LogP contribution in [-0.2, 0) is 9.30 Å². The van der Waals surface area contributed by atoms with E-state index in [4.69, 9.17) is 13.8 Å². The van der Waals surface area contributed by atoms with Crippen LogP contribution in [0.1, 0.15) is 30.0 Å². The van der Waals surface area contributed by atoms with E-state index in [9.17, 15) is 4.57 Å². The molecular formula is C32H34NO4P. The van der Waals surface area contributed by atoms with Crippen molar-refractivity contribution in [3.05, 3.63) is 131 Å². The summed E-state index contributed by atoms with van der Waals surface area (Å²) in [6, 6.07) is 22.9. The van der Waals surface area contributed by atoms with Crippen molar-refractivity contribution in [1.29, 1.82) is 0 Å². The van der Waals surface area contributed by atoms with Crippen molar-refractivity contribution in [1.82, 2.24) is 0 Å². The van der Waals surface area contributed by atoms with E-state index < -0.39 is 7.60 Å². The molecule has 0 spiro atoms. The minimum atomic E-state index is -3.81. The molecule has 196 valence electrons. The Morgan fingerprint density at radius 2 is 1.66 bits per heavy atom. The van der Waals surface area contributed by atoms with Crippen LogP contribution in [0.5, 0.6) is 11.5 Å². The summed E-state index contributed by atoms with van der Waals surface area (Å²) in [6.45, 7) is 9.49. The maximum atomic E-state index is 14.2. The number of hydrogen-bond acceptors (Lipinski definition) is 5. The van der Waals surface area contributed by atoms with Crippen LogP contribution in [0.15, 0.2) is 114 Å². The molecule has 0 aromatic heterocycles. The minimum Gasteiger partial charge on any atom is -0.477 e. The molecule has 3 aromatic carbocycles. The smallest absolute Gasteiger partial charge is 0.470 e. The molecule has 3 aromatic rings. The lowest BCUT2D eigenvalue weighted by Crippen LogP contribution is -2.25. The molecule has 0 saturated heterocycles. The van der Waals surface area contributed by atoms with Gasteiger partial charge < -0.3 is 18.7 Å². The van der Waals surface area contributed by atoms with E-state index in [0.29, 0.717) is 30.0 Å². The fourth-order valence-corrected chi connectivity index (χ4v) is 5.47. The Kier molecular flexibility index (Phi) is 8.97. The van der Waals surface area contributed by atoms with E-state index in [0.717, 1.165) is 23.6 Å². The molecule has 0 N–H and O–H groups in total. The van der Waals surface area contributed by atoms with E-state index in [1.165, 1.54) is 11.1 Å². The lowest BCUT2D eigenvalue weighted by atomic mass is 10.1. The molecule has 0 radical (unpaired) electrons. The third-order valence-electron chi connectivity index (χ3n) is 6.31. The molecule has 38 heavy (non-hydrogen) atoms. The SMILES string of the molecule is CCN(CO/C1=C/C=C=C(P(=O)(Oc2ccccc2)Oc2ccccc2C)/C=C\C1)c1ccc(C)c(C)c1. The van der Waals surface area contributed by atoms with Gasteiger partial charge in [-0.05, 0) is 92.9 Å². The van der Waals surface area contributed by atoms with Crippen molar-refractivity contribution in [3.63, 3.8) is 0 Å². The van der Waals surface area contributed by atoms with Gasteiger partial charge in [-0.1, -0.05) is 48.5 Å². The maximum absolute atomic E-state index is 14.2. The number of allylic oxidation sites excluding steroid dienone is 4. The van der Waals surface area contributed by atoms with Gasteiger partial charge in [0.2, 0.25) is 0 Å². The standard InChI is InChI=1S/C32H34NO4P/c1-5-33(28-22-21-25(2)27(4)23-28)24-35-29-16-11-18-31(19-12-17-29)38(34,36-30-14-7-6-8-15-30)37-32-20-10-9-13-26(32)3/h6-16,19-23H,5,17,24H2,1-4H3/b19-12-,29-16+. The first-order valence-corrected chi connectivity index (χ1v) is 14.3. The summed E-state index contributed by atoms with van der Waals surface area (Å²) in [6.07, 6.45) is 7.73. The van der Waals surface area contributed by atoms with Gasteiger partial charge in [-0.25, -0.2) is 4.57 Å². The molecular weight excluding hydrogens is 493 g/mol.